The average Bonchev–Trinajstić information content (AvgIpc) is 2.49. The molecule has 0 aliphatic rings. The lowest BCUT2D eigenvalue weighted by Gasteiger charge is -2.27. The zero-order valence-electron chi connectivity index (χ0n) is 6.75. The van der Waals surface area contributed by atoms with Crippen LogP contribution < -0.4 is 0 Å². The molecule has 0 atom stereocenters. The Morgan fingerprint density at radius 1 is 0.933 bits per heavy atom. The van der Waals surface area contributed by atoms with Gasteiger partial charge >= 0.3 is 18.0 Å². The molecule has 0 unspecified atom stereocenters. The molecule has 1 heterocycles. The van der Waals surface area contributed by atoms with Crippen LogP contribution in [0.5, 0.6) is 0 Å². The molecule has 2 nitrogen and oxygen atoms in total. The van der Waals surface area contributed by atoms with Gasteiger partial charge in [-0.15, -0.1) is 0 Å². The third kappa shape index (κ3) is 1.65. The maximum Gasteiger partial charge on any atom is 0.439 e. The first-order valence-electron chi connectivity index (χ1n) is 3.43. The van der Waals surface area contributed by atoms with Crippen LogP contribution in [0.2, 0.25) is 0 Å². The molecule has 1 rings (SSSR count). The molecular weight excluding hydrogens is 233 g/mol. The number of nitrogens with zero attached hydrogens (tertiary/aromatic N) is 1. The molecule has 15 heavy (non-hydrogen) atoms. The summed E-state index contributed by atoms with van der Waals surface area (Å²) in [5, 5.41) is 0. The summed E-state index contributed by atoms with van der Waals surface area (Å²) in [5.41, 5.74) is -5.47. The molecule has 0 bridgehead atoms. The smallest absolute Gasteiger partial charge is 0.345 e. The molecule has 0 spiro atoms. The van der Waals surface area contributed by atoms with Crippen molar-refractivity contribution in [2.24, 2.45) is 0 Å². The number of hydrogen-bond acceptors (Lipinski definition) is 1. The molecule has 0 aliphatic carbocycles. The van der Waals surface area contributed by atoms with Crippen molar-refractivity contribution in [2.45, 2.75) is 18.0 Å². The van der Waals surface area contributed by atoms with Crippen molar-refractivity contribution in [3.05, 3.63) is 18.2 Å². The van der Waals surface area contributed by atoms with E-state index in [-0.39, 0.29) is 0 Å². The van der Waals surface area contributed by atoms with Crippen LogP contribution in [0.25, 0.3) is 0 Å². The Balaban J connectivity index is 3.33. The van der Waals surface area contributed by atoms with Gasteiger partial charge < -0.3 is 4.98 Å². The molecule has 0 radical (unpaired) electrons. The van der Waals surface area contributed by atoms with E-state index in [0.29, 0.717) is 12.4 Å². The summed E-state index contributed by atoms with van der Waals surface area (Å²) in [7, 11) is 0. The zero-order chi connectivity index (χ0) is 11.9. The summed E-state index contributed by atoms with van der Waals surface area (Å²) in [4.78, 5) is 4.12. The fraction of sp³-hybridized carbons (Fsp3) is 0.500. The molecule has 1 aromatic heterocycles. The number of rotatable bonds is 1. The number of hydrogen-bond donors (Lipinski definition) is 1. The fourth-order valence-corrected chi connectivity index (χ4v) is 0.883. The lowest BCUT2D eigenvalue weighted by molar-refractivity contribution is -0.351. The molecule has 0 saturated heterocycles. The Labute approximate surface area is 78.1 Å². The van der Waals surface area contributed by atoms with Gasteiger partial charge in [0.25, 0.3) is 0 Å². The lowest BCUT2D eigenvalue weighted by Crippen LogP contribution is -2.51. The molecule has 0 saturated carbocycles. The first-order chi connectivity index (χ1) is 6.61. The highest BCUT2D eigenvalue weighted by atomic mass is 19.4. The van der Waals surface area contributed by atoms with Gasteiger partial charge in [0.15, 0.2) is 5.82 Å². The molecule has 1 N–H and O–H groups in total. The standard InChI is InChI=1S/C6H3F7N2/c7-4(5(8,9)10,6(11,12)13)3-14-1-2-15-3/h1-2H,(H,14,15). The predicted octanol–water partition coefficient (Wildman–Crippen LogP) is 2.70. The van der Waals surface area contributed by atoms with Crippen LogP contribution in [0, 0.1) is 0 Å². The Morgan fingerprint density at radius 3 is 1.67 bits per heavy atom. The Hall–Kier alpha value is -1.28. The Bertz CT molecular complexity index is 308. The summed E-state index contributed by atoms with van der Waals surface area (Å²) < 4.78 is 85.1. The monoisotopic (exact) mass is 236 g/mol. The largest absolute Gasteiger partial charge is 0.439 e. The van der Waals surface area contributed by atoms with Crippen LogP contribution in [-0.2, 0) is 5.67 Å². The molecule has 1 aromatic rings. The van der Waals surface area contributed by atoms with Gasteiger partial charge in [-0.3, -0.25) is 0 Å². The van der Waals surface area contributed by atoms with Gasteiger partial charge in [0.05, 0.1) is 0 Å². The van der Waals surface area contributed by atoms with E-state index >= 15 is 0 Å². The second-order valence-electron chi connectivity index (χ2n) is 2.59. The van der Waals surface area contributed by atoms with Crippen LogP contribution in [0.1, 0.15) is 5.82 Å². The van der Waals surface area contributed by atoms with E-state index in [1.54, 1.807) is 0 Å². The summed E-state index contributed by atoms with van der Waals surface area (Å²) >= 11 is 0. The van der Waals surface area contributed by atoms with E-state index in [1.165, 1.54) is 4.98 Å². The molecule has 9 heteroatoms. The van der Waals surface area contributed by atoms with Gasteiger partial charge in [-0.2, -0.15) is 26.3 Å². The topological polar surface area (TPSA) is 28.7 Å². The van der Waals surface area contributed by atoms with E-state index in [1.807, 2.05) is 0 Å². The third-order valence-electron chi connectivity index (χ3n) is 1.61. The number of nitrogens with one attached hydrogen (secondary N) is 1. The molecule has 0 aromatic carbocycles. The van der Waals surface area contributed by atoms with Gasteiger partial charge in [-0.25, -0.2) is 9.37 Å². The summed E-state index contributed by atoms with van der Waals surface area (Å²) in [6, 6.07) is 0. The molecule has 0 amide bonds. The summed E-state index contributed by atoms with van der Waals surface area (Å²) in [6.45, 7) is 0. The molecular formula is C6H3F7N2. The Morgan fingerprint density at radius 2 is 1.40 bits per heavy atom. The lowest BCUT2D eigenvalue weighted by atomic mass is 10.0. The van der Waals surface area contributed by atoms with E-state index < -0.39 is 23.8 Å². The highest BCUT2D eigenvalue weighted by Crippen LogP contribution is 2.51. The minimum Gasteiger partial charge on any atom is -0.345 e. The van der Waals surface area contributed by atoms with Gasteiger partial charge in [0, 0.05) is 12.4 Å². The van der Waals surface area contributed by atoms with Gasteiger partial charge in [0.2, 0.25) is 0 Å². The number of halogens is 7. The van der Waals surface area contributed by atoms with Gasteiger partial charge in [-0.05, 0) is 0 Å². The SMILES string of the molecule is FC(F)(F)C(F)(c1ncc[nH]1)C(F)(F)F. The fourth-order valence-electron chi connectivity index (χ4n) is 0.883. The number of alkyl halides is 7. The van der Waals surface area contributed by atoms with Crippen molar-refractivity contribution in [3.63, 3.8) is 0 Å². The quantitative estimate of drug-likeness (QED) is 0.746. The van der Waals surface area contributed by atoms with Crippen LogP contribution in [0.3, 0.4) is 0 Å². The van der Waals surface area contributed by atoms with Crippen molar-refractivity contribution in [2.75, 3.05) is 0 Å². The van der Waals surface area contributed by atoms with Crippen molar-refractivity contribution < 1.29 is 30.7 Å². The van der Waals surface area contributed by atoms with Crippen molar-refractivity contribution in [3.8, 4) is 0 Å². The highest BCUT2D eigenvalue weighted by Gasteiger charge is 2.75. The maximum absolute atomic E-state index is 13.0. The highest BCUT2D eigenvalue weighted by molar-refractivity contribution is 5.10. The maximum atomic E-state index is 13.0. The average molecular weight is 236 g/mol. The van der Waals surface area contributed by atoms with Crippen LogP contribution in [-0.4, -0.2) is 22.3 Å². The van der Waals surface area contributed by atoms with Gasteiger partial charge in [0.1, 0.15) is 0 Å². The molecule has 86 valence electrons. The summed E-state index contributed by atoms with van der Waals surface area (Å²) in [5.74, 6) is -1.83. The molecule has 0 aliphatic heterocycles. The van der Waals surface area contributed by atoms with Crippen molar-refractivity contribution in [1.29, 1.82) is 0 Å². The van der Waals surface area contributed by atoms with E-state index in [0.717, 1.165) is 0 Å². The second-order valence-corrected chi connectivity index (χ2v) is 2.59. The summed E-state index contributed by atoms with van der Waals surface area (Å²) in [6.07, 6.45) is -11.0. The van der Waals surface area contributed by atoms with Crippen molar-refractivity contribution in [1.82, 2.24) is 9.97 Å². The minimum absolute atomic E-state index is 0.598. The zero-order valence-corrected chi connectivity index (χ0v) is 6.75. The van der Waals surface area contributed by atoms with Gasteiger partial charge in [-0.1, -0.05) is 0 Å². The van der Waals surface area contributed by atoms with E-state index in [9.17, 15) is 30.7 Å². The number of aromatic amines is 1. The normalized spacial score (nSPS) is 14.3. The van der Waals surface area contributed by atoms with E-state index in [4.69, 9.17) is 0 Å². The van der Waals surface area contributed by atoms with Crippen LogP contribution in [0.15, 0.2) is 12.4 Å². The number of imidazole rings is 1. The number of H-pyrrole nitrogens is 1. The second kappa shape index (κ2) is 3.11. The van der Waals surface area contributed by atoms with Crippen LogP contribution in [0.4, 0.5) is 30.7 Å². The number of aromatic nitrogens is 2. The van der Waals surface area contributed by atoms with E-state index in [2.05, 4.69) is 4.98 Å². The third-order valence-corrected chi connectivity index (χ3v) is 1.61. The van der Waals surface area contributed by atoms with Crippen LogP contribution >= 0.6 is 0 Å². The first-order valence-corrected chi connectivity index (χ1v) is 3.43. The Kier molecular flexibility index (Phi) is 2.44. The van der Waals surface area contributed by atoms with Crippen molar-refractivity contribution >= 4 is 0 Å². The minimum atomic E-state index is -6.12. The predicted molar refractivity (Wildman–Crippen MR) is 33.5 cm³/mol. The first kappa shape index (κ1) is 11.8. The molecule has 0 fully saturated rings.